The zero-order valence-electron chi connectivity index (χ0n) is 14.2. The smallest absolute Gasteiger partial charge is 0.282 e. The molecule has 0 bridgehead atoms. The van der Waals surface area contributed by atoms with Gasteiger partial charge in [0.1, 0.15) is 5.52 Å². The van der Waals surface area contributed by atoms with E-state index in [4.69, 9.17) is 0 Å². The summed E-state index contributed by atoms with van der Waals surface area (Å²) in [6.45, 7) is 0.344. The molecule has 2 aromatic carbocycles. The number of benzene rings is 2. The third kappa shape index (κ3) is 3.43. The molecule has 0 fully saturated rings. The summed E-state index contributed by atoms with van der Waals surface area (Å²) in [6.07, 6.45) is 1.68. The zero-order chi connectivity index (χ0) is 18.6. The largest absolute Gasteiger partial charge is 0.346 e. The molecule has 0 saturated heterocycles. The predicted octanol–water partition coefficient (Wildman–Crippen LogP) is 2.11. The van der Waals surface area contributed by atoms with E-state index >= 15 is 0 Å². The van der Waals surface area contributed by atoms with E-state index in [1.165, 1.54) is 4.68 Å². The maximum atomic E-state index is 12.6. The predicted molar refractivity (Wildman–Crippen MR) is 101 cm³/mol. The Balaban J connectivity index is 1.55. The van der Waals surface area contributed by atoms with Crippen LogP contribution in [0.15, 0.2) is 77.7 Å². The molecule has 2 heterocycles. The fourth-order valence-electron chi connectivity index (χ4n) is 2.69. The van der Waals surface area contributed by atoms with Crippen molar-refractivity contribution < 1.29 is 4.79 Å². The average molecular weight is 357 g/mol. The van der Waals surface area contributed by atoms with Crippen LogP contribution in [0.5, 0.6) is 0 Å². The number of aromatic nitrogens is 4. The molecule has 0 radical (unpaired) electrons. The van der Waals surface area contributed by atoms with Crippen molar-refractivity contribution in [2.75, 3.05) is 0 Å². The van der Waals surface area contributed by atoms with Crippen molar-refractivity contribution in [2.24, 2.45) is 0 Å². The number of hydrogen-bond acceptors (Lipinski definition) is 5. The number of amides is 1. The fraction of sp³-hybridized carbons (Fsp3) is 0.0500. The number of hydrogen-bond donors (Lipinski definition) is 1. The van der Waals surface area contributed by atoms with Crippen molar-refractivity contribution in [3.63, 3.8) is 0 Å². The molecule has 4 rings (SSSR count). The lowest BCUT2D eigenvalue weighted by molar-refractivity contribution is 0.0950. The van der Waals surface area contributed by atoms with Gasteiger partial charge in [0.2, 0.25) is 0 Å². The van der Waals surface area contributed by atoms with E-state index < -0.39 is 0 Å². The van der Waals surface area contributed by atoms with Crippen molar-refractivity contribution in [2.45, 2.75) is 6.54 Å². The second kappa shape index (κ2) is 7.17. The SMILES string of the molecule is O=C(NCc1ccccn1)c1ccc(-n2nnc3ccccc3c2=O)cc1. The van der Waals surface area contributed by atoms with Crippen LogP contribution in [0, 0.1) is 0 Å². The van der Waals surface area contributed by atoms with Crippen molar-refractivity contribution in [1.29, 1.82) is 0 Å². The van der Waals surface area contributed by atoms with Crippen LogP contribution in [0.3, 0.4) is 0 Å². The standard InChI is InChI=1S/C20H15N5O2/c26-19(22-13-15-5-3-4-12-21-15)14-8-10-16(11-9-14)25-20(27)17-6-1-2-7-18(17)23-24-25/h1-12H,13H2,(H,22,26). The molecule has 0 saturated carbocycles. The Hall–Kier alpha value is -3.87. The minimum absolute atomic E-state index is 0.218. The zero-order valence-corrected chi connectivity index (χ0v) is 14.2. The molecule has 0 spiro atoms. The van der Waals surface area contributed by atoms with Gasteiger partial charge >= 0.3 is 0 Å². The first kappa shape index (κ1) is 16.6. The monoisotopic (exact) mass is 357 g/mol. The summed E-state index contributed by atoms with van der Waals surface area (Å²) in [7, 11) is 0. The van der Waals surface area contributed by atoms with E-state index in [1.54, 1.807) is 54.7 Å². The first-order chi connectivity index (χ1) is 13.2. The van der Waals surface area contributed by atoms with Crippen LogP contribution in [-0.2, 0) is 6.54 Å². The van der Waals surface area contributed by atoms with E-state index in [0.29, 0.717) is 28.7 Å². The van der Waals surface area contributed by atoms with Gasteiger partial charge in [-0.3, -0.25) is 14.6 Å². The van der Waals surface area contributed by atoms with E-state index in [1.807, 2.05) is 18.2 Å². The maximum Gasteiger partial charge on any atom is 0.282 e. The first-order valence-electron chi connectivity index (χ1n) is 8.36. The summed E-state index contributed by atoms with van der Waals surface area (Å²) in [4.78, 5) is 29.0. The lowest BCUT2D eigenvalue weighted by Crippen LogP contribution is -2.24. The normalized spacial score (nSPS) is 10.7. The molecule has 2 aromatic heterocycles. The number of carbonyl (C=O) groups is 1. The fourth-order valence-corrected chi connectivity index (χ4v) is 2.69. The number of nitrogens with zero attached hydrogens (tertiary/aromatic N) is 4. The van der Waals surface area contributed by atoms with Crippen LogP contribution in [0.2, 0.25) is 0 Å². The molecule has 0 aliphatic carbocycles. The van der Waals surface area contributed by atoms with Gasteiger partial charge in [0, 0.05) is 11.8 Å². The molecule has 0 unspecified atom stereocenters. The quantitative estimate of drug-likeness (QED) is 0.604. The summed E-state index contributed by atoms with van der Waals surface area (Å²) >= 11 is 0. The Morgan fingerprint density at radius 2 is 1.74 bits per heavy atom. The highest BCUT2D eigenvalue weighted by molar-refractivity contribution is 5.94. The minimum atomic E-state index is -0.257. The number of nitrogens with one attached hydrogen (secondary N) is 1. The Morgan fingerprint density at radius 3 is 2.52 bits per heavy atom. The summed E-state index contributed by atoms with van der Waals surface area (Å²) < 4.78 is 1.22. The van der Waals surface area contributed by atoms with Crippen LogP contribution in [-0.4, -0.2) is 25.9 Å². The Morgan fingerprint density at radius 1 is 0.963 bits per heavy atom. The minimum Gasteiger partial charge on any atom is -0.346 e. The van der Waals surface area contributed by atoms with E-state index in [2.05, 4.69) is 20.6 Å². The van der Waals surface area contributed by atoms with Crippen LogP contribution in [0.4, 0.5) is 0 Å². The molecule has 7 nitrogen and oxygen atoms in total. The van der Waals surface area contributed by atoms with Crippen LogP contribution in [0.1, 0.15) is 16.1 Å². The first-order valence-corrected chi connectivity index (χ1v) is 8.36. The lowest BCUT2D eigenvalue weighted by atomic mass is 10.2. The van der Waals surface area contributed by atoms with Crippen molar-refractivity contribution in [1.82, 2.24) is 25.3 Å². The van der Waals surface area contributed by atoms with Gasteiger partial charge in [-0.25, -0.2) is 0 Å². The molecular weight excluding hydrogens is 342 g/mol. The summed E-state index contributed by atoms with van der Waals surface area (Å²) in [6, 6.07) is 19.2. The van der Waals surface area contributed by atoms with Gasteiger partial charge in [-0.15, -0.1) is 5.10 Å². The van der Waals surface area contributed by atoms with Gasteiger partial charge in [-0.05, 0) is 48.5 Å². The molecular formula is C20H15N5O2. The van der Waals surface area contributed by atoms with Crippen molar-refractivity contribution >= 4 is 16.8 Å². The maximum absolute atomic E-state index is 12.6. The second-order valence-corrected chi connectivity index (χ2v) is 5.87. The molecule has 0 atom stereocenters. The molecule has 1 amide bonds. The highest BCUT2D eigenvalue weighted by Gasteiger charge is 2.09. The van der Waals surface area contributed by atoms with Gasteiger partial charge < -0.3 is 5.32 Å². The van der Waals surface area contributed by atoms with E-state index in [-0.39, 0.29) is 11.5 Å². The number of pyridine rings is 1. The third-order valence-corrected chi connectivity index (χ3v) is 4.10. The molecule has 27 heavy (non-hydrogen) atoms. The summed E-state index contributed by atoms with van der Waals surface area (Å²) in [5, 5.41) is 11.3. The van der Waals surface area contributed by atoms with Crippen molar-refractivity contribution in [3.8, 4) is 5.69 Å². The summed E-state index contributed by atoms with van der Waals surface area (Å²) in [5.74, 6) is -0.218. The molecule has 0 aliphatic heterocycles. The Kier molecular flexibility index (Phi) is 4.40. The van der Waals surface area contributed by atoms with Gasteiger partial charge in [0.15, 0.2) is 0 Å². The van der Waals surface area contributed by atoms with E-state index in [0.717, 1.165) is 5.69 Å². The topological polar surface area (TPSA) is 89.8 Å². The number of fused-ring (bicyclic) bond motifs is 1. The van der Waals surface area contributed by atoms with Gasteiger partial charge in [-0.2, -0.15) is 4.68 Å². The summed E-state index contributed by atoms with van der Waals surface area (Å²) in [5.41, 5.74) is 2.09. The van der Waals surface area contributed by atoms with Gasteiger partial charge in [-0.1, -0.05) is 23.4 Å². The van der Waals surface area contributed by atoms with Crippen LogP contribution < -0.4 is 10.9 Å². The van der Waals surface area contributed by atoms with Crippen LogP contribution >= 0.6 is 0 Å². The average Bonchev–Trinajstić information content (AvgIpc) is 2.73. The second-order valence-electron chi connectivity index (χ2n) is 5.87. The van der Waals surface area contributed by atoms with Gasteiger partial charge in [0.25, 0.3) is 11.5 Å². The molecule has 132 valence electrons. The Labute approximate surface area is 154 Å². The lowest BCUT2D eigenvalue weighted by Gasteiger charge is -2.07. The molecule has 0 aliphatic rings. The van der Waals surface area contributed by atoms with Crippen LogP contribution in [0.25, 0.3) is 16.6 Å². The number of carbonyl (C=O) groups excluding carboxylic acids is 1. The highest BCUT2D eigenvalue weighted by Crippen LogP contribution is 2.09. The van der Waals surface area contributed by atoms with Crippen molar-refractivity contribution in [3.05, 3.63) is 94.5 Å². The Bertz CT molecular complexity index is 1150. The molecule has 7 heteroatoms. The van der Waals surface area contributed by atoms with E-state index in [9.17, 15) is 9.59 Å². The molecule has 4 aromatic rings. The third-order valence-electron chi connectivity index (χ3n) is 4.10. The number of rotatable bonds is 4. The van der Waals surface area contributed by atoms with Gasteiger partial charge in [0.05, 0.1) is 23.3 Å². The highest BCUT2D eigenvalue weighted by atomic mass is 16.1. The molecule has 1 N–H and O–H groups in total.